The summed E-state index contributed by atoms with van der Waals surface area (Å²) in [4.78, 5) is 26.1. The van der Waals surface area contributed by atoms with Gasteiger partial charge in [-0.1, -0.05) is 229 Å². The third-order valence-electron chi connectivity index (χ3n) is 11.7. The predicted molar refractivity (Wildman–Crippen MR) is 264 cm³/mol. The van der Waals surface area contributed by atoms with Gasteiger partial charge in [-0.05, 0) is 70.6 Å². The normalized spacial score (nSPS) is 13.7. The Bertz CT molecular complexity index is 1090. The van der Waals surface area contributed by atoms with Gasteiger partial charge in [0.1, 0.15) is 6.10 Å². The fourth-order valence-electron chi connectivity index (χ4n) is 7.72. The molecule has 0 rings (SSSR count). The third kappa shape index (κ3) is 44.0. The van der Waals surface area contributed by atoms with Crippen LogP contribution in [0, 0.1) is 0 Å². The Morgan fingerprint density at radius 3 is 1.38 bits per heavy atom. The van der Waals surface area contributed by atoms with Gasteiger partial charge in [-0.3, -0.25) is 9.59 Å². The molecule has 0 fully saturated rings. The van der Waals surface area contributed by atoms with Crippen molar-refractivity contribution in [2.45, 2.75) is 270 Å². The summed E-state index contributed by atoms with van der Waals surface area (Å²) in [6.45, 7) is 6.32. The van der Waals surface area contributed by atoms with Gasteiger partial charge in [0.25, 0.3) is 0 Å². The number of aliphatic hydroxyl groups is 2. The summed E-state index contributed by atoms with van der Waals surface area (Å²) < 4.78 is 5.91. The second-order valence-electron chi connectivity index (χ2n) is 17.6. The number of hydrogen-bond donors (Lipinski definition) is 3. The molecule has 0 aliphatic heterocycles. The van der Waals surface area contributed by atoms with Gasteiger partial charge in [0.15, 0.2) is 0 Å². The maximum atomic E-state index is 13.2. The summed E-state index contributed by atoms with van der Waals surface area (Å²) >= 11 is 0. The topological polar surface area (TPSA) is 95.9 Å². The maximum absolute atomic E-state index is 13.2. The Balaban J connectivity index is 4.58. The third-order valence-corrected chi connectivity index (χ3v) is 11.7. The molecule has 0 aromatic carbocycles. The molecule has 3 N–H and O–H groups in total. The Hall–Kier alpha value is -2.44. The Kier molecular flexibility index (Phi) is 46.6. The first-order valence-corrected chi connectivity index (χ1v) is 26.1. The molecule has 0 aliphatic carbocycles. The summed E-state index contributed by atoms with van der Waals surface area (Å²) in [5.41, 5.74) is 0. The number of allylic oxidation sites excluding steroid dienone is 10. The van der Waals surface area contributed by atoms with Gasteiger partial charge in [-0.2, -0.15) is 0 Å². The average molecular weight is 854 g/mol. The highest BCUT2D eigenvalue weighted by atomic mass is 16.5. The molecule has 6 nitrogen and oxygen atoms in total. The van der Waals surface area contributed by atoms with Crippen LogP contribution in [0.1, 0.15) is 252 Å². The van der Waals surface area contributed by atoms with Crippen LogP contribution >= 0.6 is 0 Å². The van der Waals surface area contributed by atoms with E-state index in [4.69, 9.17) is 4.74 Å². The minimum atomic E-state index is -0.798. The van der Waals surface area contributed by atoms with Crippen molar-refractivity contribution in [1.29, 1.82) is 0 Å². The zero-order valence-corrected chi connectivity index (χ0v) is 40.3. The van der Waals surface area contributed by atoms with Crippen molar-refractivity contribution in [3.8, 4) is 0 Å². The van der Waals surface area contributed by atoms with E-state index in [9.17, 15) is 19.8 Å². The second-order valence-corrected chi connectivity index (χ2v) is 17.6. The van der Waals surface area contributed by atoms with E-state index in [2.05, 4.69) is 86.8 Å². The molecule has 0 aromatic heterocycles. The molecule has 0 saturated carbocycles. The van der Waals surface area contributed by atoms with Gasteiger partial charge in [0, 0.05) is 6.42 Å². The van der Waals surface area contributed by atoms with Crippen molar-refractivity contribution < 1.29 is 24.5 Å². The highest BCUT2D eigenvalue weighted by Crippen LogP contribution is 2.18. The summed E-state index contributed by atoms with van der Waals surface area (Å²) in [5.74, 6) is -0.516. The number of aliphatic hydroxyl groups excluding tert-OH is 2. The number of unbranched alkanes of at least 4 members (excludes halogenated alkanes) is 27. The first-order chi connectivity index (χ1) is 30.0. The lowest BCUT2D eigenvalue weighted by atomic mass is 10.0. The lowest BCUT2D eigenvalue weighted by Gasteiger charge is -2.24. The van der Waals surface area contributed by atoms with E-state index in [1.54, 1.807) is 0 Å². The quantitative estimate of drug-likeness (QED) is 0.0322. The van der Waals surface area contributed by atoms with E-state index >= 15 is 0 Å². The lowest BCUT2D eigenvalue weighted by molar-refractivity contribution is -0.151. The van der Waals surface area contributed by atoms with Gasteiger partial charge in [-0.15, -0.1) is 0 Å². The Morgan fingerprint density at radius 2 is 0.885 bits per heavy atom. The highest BCUT2D eigenvalue weighted by Gasteiger charge is 2.24. The average Bonchev–Trinajstić information content (AvgIpc) is 3.25. The molecule has 61 heavy (non-hydrogen) atoms. The fourth-order valence-corrected chi connectivity index (χ4v) is 7.72. The molecule has 0 heterocycles. The van der Waals surface area contributed by atoms with E-state index in [-0.39, 0.29) is 24.9 Å². The van der Waals surface area contributed by atoms with Crippen molar-refractivity contribution in [1.82, 2.24) is 5.32 Å². The zero-order chi connectivity index (χ0) is 44.5. The Labute approximate surface area is 378 Å². The SMILES string of the molecule is CC/C=C/C=C/C=C\CCCCCCCC(=O)OC(CCCCCC/C=C/C=C/CCCCC)CC(=O)NC(CO)C(O)CCCCCCCCCCCCCCCCCC. The molecule has 354 valence electrons. The summed E-state index contributed by atoms with van der Waals surface area (Å²) in [5, 5.41) is 23.8. The number of nitrogens with one attached hydrogen (secondary N) is 1. The molecule has 0 spiro atoms. The lowest BCUT2D eigenvalue weighted by Crippen LogP contribution is -2.46. The second kappa shape index (κ2) is 48.6. The van der Waals surface area contributed by atoms with Gasteiger partial charge >= 0.3 is 5.97 Å². The van der Waals surface area contributed by atoms with Crippen LogP contribution in [0.4, 0.5) is 0 Å². The van der Waals surface area contributed by atoms with Crippen LogP contribution in [-0.2, 0) is 14.3 Å². The number of carbonyl (C=O) groups excluding carboxylic acids is 2. The van der Waals surface area contributed by atoms with Gasteiger partial charge in [0.05, 0.1) is 25.2 Å². The molecule has 6 heteroatoms. The molecular formula is C55H99NO5. The zero-order valence-electron chi connectivity index (χ0n) is 40.3. The summed E-state index contributed by atoms with van der Waals surface area (Å²) in [7, 11) is 0. The number of esters is 1. The van der Waals surface area contributed by atoms with Crippen molar-refractivity contribution in [2.24, 2.45) is 0 Å². The monoisotopic (exact) mass is 854 g/mol. The first-order valence-electron chi connectivity index (χ1n) is 26.1. The number of hydrogen-bond acceptors (Lipinski definition) is 5. The molecule has 1 amide bonds. The minimum Gasteiger partial charge on any atom is -0.462 e. The smallest absolute Gasteiger partial charge is 0.306 e. The number of amides is 1. The highest BCUT2D eigenvalue weighted by molar-refractivity contribution is 5.77. The molecule has 0 bridgehead atoms. The molecule has 0 saturated heterocycles. The molecule has 3 unspecified atom stereocenters. The number of carbonyl (C=O) groups is 2. The van der Waals surface area contributed by atoms with Crippen LogP contribution in [0.2, 0.25) is 0 Å². The number of ether oxygens (including phenoxy) is 1. The van der Waals surface area contributed by atoms with Gasteiger partial charge in [0.2, 0.25) is 5.91 Å². The van der Waals surface area contributed by atoms with E-state index in [1.807, 2.05) is 0 Å². The summed E-state index contributed by atoms with van der Waals surface area (Å²) in [6.07, 6.45) is 59.9. The Morgan fingerprint density at radius 1 is 0.492 bits per heavy atom. The fraction of sp³-hybridized carbons (Fsp3) is 0.782. The summed E-state index contributed by atoms with van der Waals surface area (Å²) in [6, 6.07) is -0.714. The van der Waals surface area contributed by atoms with Crippen LogP contribution in [0.5, 0.6) is 0 Å². The molecule has 0 radical (unpaired) electrons. The van der Waals surface area contributed by atoms with Crippen molar-refractivity contribution in [3.63, 3.8) is 0 Å². The molecule has 3 atom stereocenters. The van der Waals surface area contributed by atoms with E-state index in [1.165, 1.54) is 103 Å². The largest absolute Gasteiger partial charge is 0.462 e. The maximum Gasteiger partial charge on any atom is 0.306 e. The predicted octanol–water partition coefficient (Wildman–Crippen LogP) is 15.6. The van der Waals surface area contributed by atoms with Crippen LogP contribution in [0.15, 0.2) is 60.8 Å². The van der Waals surface area contributed by atoms with Crippen molar-refractivity contribution >= 4 is 11.9 Å². The molecule has 0 aliphatic rings. The van der Waals surface area contributed by atoms with E-state index in [0.717, 1.165) is 103 Å². The standard InChI is InChI=1S/C55H99NO5/c1-4-7-10-13-16-19-22-25-26-27-30-32-35-38-41-44-47-53(58)52(50-57)56-54(59)49-51(46-43-40-37-34-31-28-23-20-17-14-11-8-5-2)61-55(60)48-45-42-39-36-33-29-24-21-18-15-12-9-6-3/h9,12,15,17-18,20-21,23-24,28,51-53,57-58H,4-8,10-11,13-14,16,19,22,25-27,29-50H2,1-3H3,(H,56,59)/b12-9+,18-15+,20-17+,24-21-,28-23+. The van der Waals surface area contributed by atoms with Gasteiger partial charge < -0.3 is 20.3 Å². The van der Waals surface area contributed by atoms with E-state index in [0.29, 0.717) is 19.3 Å². The number of rotatable bonds is 46. The van der Waals surface area contributed by atoms with Crippen LogP contribution in [-0.4, -0.2) is 46.9 Å². The van der Waals surface area contributed by atoms with Gasteiger partial charge in [-0.25, -0.2) is 0 Å². The van der Waals surface area contributed by atoms with Crippen molar-refractivity contribution in [2.75, 3.05) is 6.61 Å². The first kappa shape index (κ1) is 58.6. The van der Waals surface area contributed by atoms with Crippen LogP contribution in [0.25, 0.3) is 0 Å². The minimum absolute atomic E-state index is 0.0545. The van der Waals surface area contributed by atoms with Crippen LogP contribution < -0.4 is 5.32 Å². The molecule has 0 aromatic rings. The van der Waals surface area contributed by atoms with Crippen molar-refractivity contribution in [3.05, 3.63) is 60.8 Å². The molecular weight excluding hydrogens is 755 g/mol. The van der Waals surface area contributed by atoms with Crippen LogP contribution in [0.3, 0.4) is 0 Å². The van der Waals surface area contributed by atoms with E-state index < -0.39 is 18.2 Å².